The number of nitrogens with zero attached hydrogens (tertiary/aromatic N) is 1. The van der Waals surface area contributed by atoms with Gasteiger partial charge in [-0.15, -0.1) is 0 Å². The summed E-state index contributed by atoms with van der Waals surface area (Å²) in [6.45, 7) is -1.41. The third kappa shape index (κ3) is 6.63. The zero-order valence-corrected chi connectivity index (χ0v) is 17.9. The van der Waals surface area contributed by atoms with Crippen LogP contribution in [-0.2, 0) is 36.8 Å². The van der Waals surface area contributed by atoms with Crippen LogP contribution >= 0.6 is 0 Å². The van der Waals surface area contributed by atoms with Crippen molar-refractivity contribution in [1.29, 1.82) is 0 Å². The molecule has 0 fully saturated rings. The molecule has 2 N–H and O–H groups in total. The average Bonchev–Trinajstić information content (AvgIpc) is 2.92. The second-order valence-corrected chi connectivity index (χ2v) is 7.76. The van der Waals surface area contributed by atoms with E-state index in [0.717, 1.165) is 11.1 Å². The van der Waals surface area contributed by atoms with Crippen LogP contribution in [0.4, 0.5) is 5.69 Å². The van der Waals surface area contributed by atoms with Gasteiger partial charge >= 0.3 is 11.9 Å². The zero-order chi connectivity index (χ0) is 23.8. The third-order valence-electron chi connectivity index (χ3n) is 5.43. The number of hydrogen-bond acceptors (Lipinski definition) is 7. The lowest BCUT2D eigenvalue weighted by Gasteiger charge is -2.27. The van der Waals surface area contributed by atoms with E-state index in [1.807, 2.05) is 42.5 Å². The third-order valence-corrected chi connectivity index (χ3v) is 5.43. The molecular formula is C24H25N2O7-. The van der Waals surface area contributed by atoms with Gasteiger partial charge < -0.3 is 19.7 Å². The Labute approximate surface area is 191 Å². The second-order valence-electron chi connectivity index (χ2n) is 7.76. The predicted octanol–water partition coefficient (Wildman–Crippen LogP) is 0.303. The minimum absolute atomic E-state index is 0.256. The highest BCUT2D eigenvalue weighted by molar-refractivity contribution is 6.02. The van der Waals surface area contributed by atoms with Gasteiger partial charge in [0.05, 0.1) is 12.0 Å². The molecule has 0 unspecified atom stereocenters. The van der Waals surface area contributed by atoms with Crippen LogP contribution in [0.1, 0.15) is 24.0 Å². The van der Waals surface area contributed by atoms with Crippen molar-refractivity contribution < 1.29 is 34.1 Å². The first-order valence-electron chi connectivity index (χ1n) is 10.6. The van der Waals surface area contributed by atoms with Crippen molar-refractivity contribution in [3.63, 3.8) is 0 Å². The van der Waals surface area contributed by atoms with Gasteiger partial charge in [-0.1, -0.05) is 48.5 Å². The fraction of sp³-hybridized carbons (Fsp3) is 0.333. The number of ether oxygens (including phenoxy) is 1. The number of para-hydroxylation sites is 1. The Hall–Kier alpha value is -3.72. The summed E-state index contributed by atoms with van der Waals surface area (Å²) < 4.78 is 4.83. The summed E-state index contributed by atoms with van der Waals surface area (Å²) in [5.74, 6) is -3.97. The normalized spacial score (nSPS) is 16.4. The fourth-order valence-electron chi connectivity index (χ4n) is 3.87. The van der Waals surface area contributed by atoms with Crippen molar-refractivity contribution in [2.24, 2.45) is 0 Å². The van der Waals surface area contributed by atoms with E-state index in [1.165, 1.54) is 4.90 Å². The number of carboxylic acid groups (broad SMARTS) is 2. The van der Waals surface area contributed by atoms with Crippen LogP contribution < -0.4 is 15.3 Å². The molecule has 1 heterocycles. The van der Waals surface area contributed by atoms with Crippen LogP contribution in [0.25, 0.3) is 0 Å². The number of benzene rings is 2. The van der Waals surface area contributed by atoms with E-state index in [2.05, 4.69) is 5.32 Å². The monoisotopic (exact) mass is 453 g/mol. The molecule has 2 atom stereocenters. The lowest BCUT2D eigenvalue weighted by molar-refractivity contribution is -0.309. The molecule has 0 aliphatic carbocycles. The van der Waals surface area contributed by atoms with E-state index in [-0.39, 0.29) is 6.42 Å². The van der Waals surface area contributed by atoms with Gasteiger partial charge in [0, 0.05) is 5.69 Å². The smallest absolute Gasteiger partial charge is 0.323 e. The summed E-state index contributed by atoms with van der Waals surface area (Å²) >= 11 is 0. The summed E-state index contributed by atoms with van der Waals surface area (Å²) in [5, 5.41) is 23.1. The van der Waals surface area contributed by atoms with Crippen molar-refractivity contribution >= 4 is 29.5 Å². The number of carbonyl (C=O) groups excluding carboxylic acids is 3. The SMILES string of the molecule is O=C([O-])COC(=O)[C@H](CCc1ccccc1)N[C@H]1CCc2ccccc2N(CC(=O)O)C1=O. The van der Waals surface area contributed by atoms with E-state index < -0.39 is 49.1 Å². The maximum atomic E-state index is 13.3. The minimum Gasteiger partial charge on any atom is -0.546 e. The van der Waals surface area contributed by atoms with Gasteiger partial charge in [-0.3, -0.25) is 24.6 Å². The average molecular weight is 453 g/mol. The van der Waals surface area contributed by atoms with Crippen LogP contribution in [0.5, 0.6) is 0 Å². The number of esters is 1. The Balaban J connectivity index is 1.80. The molecule has 2 aromatic rings. The zero-order valence-electron chi connectivity index (χ0n) is 17.9. The molecule has 1 aliphatic heterocycles. The molecule has 2 aromatic carbocycles. The summed E-state index contributed by atoms with van der Waals surface area (Å²) in [4.78, 5) is 49.3. The number of rotatable bonds is 10. The van der Waals surface area contributed by atoms with Crippen LogP contribution in [-0.4, -0.2) is 54.2 Å². The topological polar surface area (TPSA) is 136 Å². The first-order chi connectivity index (χ1) is 15.8. The molecule has 0 bridgehead atoms. The number of carbonyl (C=O) groups is 4. The van der Waals surface area contributed by atoms with Crippen LogP contribution in [0, 0.1) is 0 Å². The van der Waals surface area contributed by atoms with Gasteiger partial charge in [-0.05, 0) is 42.9 Å². The maximum Gasteiger partial charge on any atom is 0.323 e. The molecular weight excluding hydrogens is 428 g/mol. The van der Waals surface area contributed by atoms with E-state index in [4.69, 9.17) is 4.74 Å². The molecule has 174 valence electrons. The van der Waals surface area contributed by atoms with Gasteiger partial charge in [0.25, 0.3) is 0 Å². The van der Waals surface area contributed by atoms with Crippen molar-refractivity contribution in [2.75, 3.05) is 18.1 Å². The van der Waals surface area contributed by atoms with E-state index in [1.54, 1.807) is 12.1 Å². The molecule has 0 saturated carbocycles. The molecule has 9 nitrogen and oxygen atoms in total. The van der Waals surface area contributed by atoms with Crippen molar-refractivity contribution in [3.05, 3.63) is 65.7 Å². The molecule has 9 heteroatoms. The first kappa shape index (κ1) is 23.9. The largest absolute Gasteiger partial charge is 0.546 e. The van der Waals surface area contributed by atoms with Crippen molar-refractivity contribution in [3.8, 4) is 0 Å². The Kier molecular flexibility index (Phi) is 8.15. The van der Waals surface area contributed by atoms with E-state index in [0.29, 0.717) is 24.9 Å². The minimum atomic E-state index is -1.53. The maximum absolute atomic E-state index is 13.3. The quantitative estimate of drug-likeness (QED) is 0.491. The number of carboxylic acids is 2. The van der Waals surface area contributed by atoms with Crippen molar-refractivity contribution in [2.45, 2.75) is 37.8 Å². The number of nitrogens with one attached hydrogen (secondary N) is 1. The summed E-state index contributed by atoms with van der Waals surface area (Å²) in [6.07, 6.45) is 1.57. The molecule has 33 heavy (non-hydrogen) atoms. The number of amides is 1. The van der Waals surface area contributed by atoms with Gasteiger partial charge in [0.15, 0.2) is 0 Å². The Morgan fingerprint density at radius 2 is 1.82 bits per heavy atom. The van der Waals surface area contributed by atoms with Crippen LogP contribution in [0.2, 0.25) is 0 Å². The highest BCUT2D eigenvalue weighted by atomic mass is 16.6. The summed E-state index contributed by atoms with van der Waals surface area (Å²) in [7, 11) is 0. The van der Waals surface area contributed by atoms with Gasteiger partial charge in [0.1, 0.15) is 19.2 Å². The highest BCUT2D eigenvalue weighted by Gasteiger charge is 2.34. The summed E-state index contributed by atoms with van der Waals surface area (Å²) in [6, 6.07) is 14.6. The number of hydrogen-bond donors (Lipinski definition) is 2. The predicted molar refractivity (Wildman–Crippen MR) is 116 cm³/mol. The standard InChI is InChI=1S/C24H26N2O7/c27-21(28)14-26-20-9-5-4-8-17(20)11-13-18(23(26)31)25-19(24(32)33-15-22(29)30)12-10-16-6-2-1-3-7-16/h1-9,18-19,25H,10-15H2,(H,27,28)(H,29,30)/p-1/t18-,19-/m0/s1. The van der Waals surface area contributed by atoms with Gasteiger partial charge in [0.2, 0.25) is 5.91 Å². The van der Waals surface area contributed by atoms with Crippen molar-refractivity contribution in [1.82, 2.24) is 5.32 Å². The fourth-order valence-corrected chi connectivity index (χ4v) is 3.87. The molecule has 0 spiro atoms. The molecule has 0 saturated heterocycles. The number of aryl methyl sites for hydroxylation is 2. The lowest BCUT2D eigenvalue weighted by Crippen LogP contribution is -2.53. The summed E-state index contributed by atoms with van der Waals surface area (Å²) in [5.41, 5.74) is 2.32. The number of anilines is 1. The second kappa shape index (κ2) is 11.2. The van der Waals surface area contributed by atoms with Gasteiger partial charge in [-0.25, -0.2) is 0 Å². The van der Waals surface area contributed by atoms with Crippen LogP contribution in [0.15, 0.2) is 54.6 Å². The lowest BCUT2D eigenvalue weighted by atomic mass is 10.0. The molecule has 0 radical (unpaired) electrons. The Morgan fingerprint density at radius 1 is 1.12 bits per heavy atom. The Morgan fingerprint density at radius 3 is 2.52 bits per heavy atom. The molecule has 1 aliphatic rings. The van der Waals surface area contributed by atoms with Crippen LogP contribution in [0.3, 0.4) is 0 Å². The number of aliphatic carboxylic acids is 2. The number of fused-ring (bicyclic) bond motifs is 1. The van der Waals surface area contributed by atoms with E-state index in [9.17, 15) is 29.4 Å². The molecule has 1 amide bonds. The van der Waals surface area contributed by atoms with E-state index >= 15 is 0 Å². The highest BCUT2D eigenvalue weighted by Crippen LogP contribution is 2.27. The molecule has 0 aromatic heterocycles. The first-order valence-corrected chi connectivity index (χ1v) is 10.6. The van der Waals surface area contributed by atoms with Gasteiger partial charge in [-0.2, -0.15) is 0 Å². The Bertz CT molecular complexity index is 1010. The molecule has 3 rings (SSSR count).